The SMILES string of the molecule is CC/C=C\C/C=C\C/C=C\C/C=C\C/C=C\CCCCCC(=O)OCC(COP(=O)(O)OCC(O)COP(=O)(O)OCC(COC(=O)CCCC/C=C\C/C=C\C/C=C\C/C=C\CC)OC(=O)CCCCCCC/C=C\CCCC)OC(=O)CCCCCCCCC/C=C\C/C=C\C/C=C\CC. The van der Waals surface area contributed by atoms with Crippen LogP contribution in [0.4, 0.5) is 0 Å². The van der Waals surface area contributed by atoms with Crippen molar-refractivity contribution in [2.75, 3.05) is 39.6 Å². The Hall–Kier alpha value is -5.32. The zero-order valence-electron chi connectivity index (χ0n) is 63.2. The van der Waals surface area contributed by atoms with Crippen molar-refractivity contribution in [1.82, 2.24) is 0 Å². The van der Waals surface area contributed by atoms with Crippen LogP contribution in [0.15, 0.2) is 158 Å². The molecular formula is C83H136O17P2. The van der Waals surface area contributed by atoms with Gasteiger partial charge in [0.15, 0.2) is 12.2 Å². The quantitative estimate of drug-likeness (QED) is 0.0169. The number of carbonyl (C=O) groups is 4. The Morgan fingerprint density at radius 1 is 0.284 bits per heavy atom. The summed E-state index contributed by atoms with van der Waals surface area (Å²) in [6.07, 6.45) is 85.2. The van der Waals surface area contributed by atoms with E-state index in [4.69, 9.17) is 37.0 Å². The average molecular weight is 1470 g/mol. The van der Waals surface area contributed by atoms with Crippen molar-refractivity contribution < 1.29 is 80.2 Å². The lowest BCUT2D eigenvalue weighted by atomic mass is 10.1. The summed E-state index contributed by atoms with van der Waals surface area (Å²) in [4.78, 5) is 72.9. The normalized spacial score (nSPS) is 14.8. The fourth-order valence-electron chi connectivity index (χ4n) is 9.64. The minimum absolute atomic E-state index is 0.0697. The molecule has 0 heterocycles. The number of phosphoric acid groups is 2. The van der Waals surface area contributed by atoms with E-state index in [1.54, 1.807) is 0 Å². The Labute approximate surface area is 617 Å². The van der Waals surface area contributed by atoms with Gasteiger partial charge >= 0.3 is 39.5 Å². The van der Waals surface area contributed by atoms with E-state index < -0.39 is 97.5 Å². The molecule has 19 heteroatoms. The number of aliphatic hydroxyl groups is 1. The molecule has 0 spiro atoms. The average Bonchev–Trinajstić information content (AvgIpc) is 0.921. The second kappa shape index (κ2) is 74.0. The van der Waals surface area contributed by atoms with Gasteiger partial charge in [0.05, 0.1) is 26.4 Å². The van der Waals surface area contributed by atoms with Gasteiger partial charge in [-0.15, -0.1) is 0 Å². The predicted octanol–water partition coefficient (Wildman–Crippen LogP) is 22.4. The molecule has 580 valence electrons. The van der Waals surface area contributed by atoms with E-state index in [1.165, 1.54) is 12.8 Å². The molecule has 0 fully saturated rings. The number of phosphoric ester groups is 2. The number of aliphatic hydroxyl groups excluding tert-OH is 1. The lowest BCUT2D eigenvalue weighted by Gasteiger charge is -2.21. The fourth-order valence-corrected chi connectivity index (χ4v) is 11.2. The maximum Gasteiger partial charge on any atom is 0.472 e. The molecule has 0 rings (SSSR count). The van der Waals surface area contributed by atoms with Crippen molar-refractivity contribution >= 4 is 39.5 Å². The monoisotopic (exact) mass is 1470 g/mol. The summed E-state index contributed by atoms with van der Waals surface area (Å²) in [5.74, 6) is -2.29. The molecule has 17 nitrogen and oxygen atoms in total. The Morgan fingerprint density at radius 3 is 0.824 bits per heavy atom. The lowest BCUT2D eigenvalue weighted by Crippen LogP contribution is -2.30. The minimum atomic E-state index is -5.00. The van der Waals surface area contributed by atoms with Gasteiger partial charge in [-0.25, -0.2) is 9.13 Å². The van der Waals surface area contributed by atoms with Crippen LogP contribution in [0, 0.1) is 0 Å². The van der Waals surface area contributed by atoms with Gasteiger partial charge in [0, 0.05) is 25.7 Å². The van der Waals surface area contributed by atoms with Crippen LogP contribution in [0.3, 0.4) is 0 Å². The van der Waals surface area contributed by atoms with Gasteiger partial charge < -0.3 is 33.8 Å². The summed E-state index contributed by atoms with van der Waals surface area (Å²) in [5.41, 5.74) is 0. The molecule has 0 aromatic carbocycles. The van der Waals surface area contributed by atoms with Gasteiger partial charge in [-0.3, -0.25) is 37.3 Å². The summed E-state index contributed by atoms with van der Waals surface area (Å²) in [6, 6.07) is 0. The molecule has 0 aliphatic carbocycles. The van der Waals surface area contributed by atoms with Gasteiger partial charge in [0.2, 0.25) is 0 Å². The van der Waals surface area contributed by atoms with Gasteiger partial charge in [-0.2, -0.15) is 0 Å². The Morgan fingerprint density at radius 2 is 0.510 bits per heavy atom. The highest BCUT2D eigenvalue weighted by atomic mass is 31.2. The zero-order valence-corrected chi connectivity index (χ0v) is 65.0. The second-order valence-corrected chi connectivity index (χ2v) is 28.1. The van der Waals surface area contributed by atoms with Crippen molar-refractivity contribution in [3.8, 4) is 0 Å². The number of unbranched alkanes of at least 4 members (excludes halogenated alkanes) is 19. The van der Waals surface area contributed by atoms with E-state index in [0.717, 1.165) is 193 Å². The van der Waals surface area contributed by atoms with Crippen LogP contribution >= 0.6 is 15.6 Å². The summed E-state index contributed by atoms with van der Waals surface area (Å²) in [7, 11) is -9.99. The first-order chi connectivity index (χ1) is 49.7. The highest BCUT2D eigenvalue weighted by Gasteiger charge is 2.30. The Bertz CT molecular complexity index is 2550. The molecule has 0 amide bonds. The van der Waals surface area contributed by atoms with Crippen molar-refractivity contribution in [2.24, 2.45) is 0 Å². The molecule has 5 atom stereocenters. The van der Waals surface area contributed by atoms with Crippen LogP contribution in [0.1, 0.15) is 285 Å². The van der Waals surface area contributed by atoms with Crippen molar-refractivity contribution in [1.29, 1.82) is 0 Å². The van der Waals surface area contributed by atoms with Crippen molar-refractivity contribution in [3.63, 3.8) is 0 Å². The number of rotatable bonds is 71. The molecule has 0 aromatic rings. The molecule has 3 N–H and O–H groups in total. The first-order valence-electron chi connectivity index (χ1n) is 38.7. The third kappa shape index (κ3) is 73.0. The second-order valence-electron chi connectivity index (χ2n) is 25.1. The zero-order chi connectivity index (χ0) is 74.6. The van der Waals surface area contributed by atoms with Crippen LogP contribution in [0.5, 0.6) is 0 Å². The van der Waals surface area contributed by atoms with Gasteiger partial charge in [-0.05, 0) is 161 Å². The third-order valence-corrected chi connectivity index (χ3v) is 17.4. The molecule has 0 radical (unpaired) electrons. The molecule has 102 heavy (non-hydrogen) atoms. The number of esters is 4. The standard InChI is InChI=1S/C83H136O17P2/c1-5-9-13-17-21-25-29-32-35-37-38-40-42-45-49-52-56-60-64-68-81(86)94-74-79(100-83(88)70-66-62-58-54-50-46-43-39-36-33-30-26-22-18-14-10-6-2)76-98-102(91,92)96-72-77(84)71-95-101(89,90)97-75-78(99-82(87)69-65-61-57-53-47-28-24-20-16-12-8-4)73-93-80(85)67-63-59-55-51-48-44-41-34-31-27-23-19-15-11-7-3/h9-11,13-15,20-27,32-36,38,40-41,45,48-49,51,77-79,84H,5-8,12,16-19,28-31,37,39,42-44,46-47,50,52-76H2,1-4H3,(H,89,90)(H,91,92)/b13-9-,14-10-,15-11-,24-20-,25-21-,26-22-,27-23-,35-32-,36-33-,40-38-,41-34-,49-45-,51-48-. The number of hydrogen-bond acceptors (Lipinski definition) is 15. The van der Waals surface area contributed by atoms with E-state index in [9.17, 15) is 43.2 Å². The van der Waals surface area contributed by atoms with Gasteiger partial charge in [0.25, 0.3) is 0 Å². The summed E-state index contributed by atoms with van der Waals surface area (Å²) < 4.78 is 68.4. The number of ether oxygens (including phenoxy) is 4. The third-order valence-electron chi connectivity index (χ3n) is 15.5. The molecule has 0 aliphatic heterocycles. The van der Waals surface area contributed by atoms with Crippen molar-refractivity contribution in [2.45, 2.75) is 303 Å². The molecule has 0 bridgehead atoms. The van der Waals surface area contributed by atoms with E-state index in [2.05, 4.69) is 186 Å². The van der Waals surface area contributed by atoms with E-state index in [0.29, 0.717) is 25.7 Å². The fraction of sp³-hybridized carbons (Fsp3) is 0.639. The van der Waals surface area contributed by atoms with Crippen LogP contribution < -0.4 is 0 Å². The van der Waals surface area contributed by atoms with E-state index in [-0.39, 0.29) is 25.7 Å². The first kappa shape index (κ1) is 96.7. The summed E-state index contributed by atoms with van der Waals surface area (Å²) >= 11 is 0. The van der Waals surface area contributed by atoms with E-state index in [1.807, 2.05) is 0 Å². The highest BCUT2D eigenvalue weighted by molar-refractivity contribution is 7.47. The van der Waals surface area contributed by atoms with Gasteiger partial charge in [0.1, 0.15) is 19.3 Å². The van der Waals surface area contributed by atoms with Crippen molar-refractivity contribution in [3.05, 3.63) is 158 Å². The molecule has 0 aromatic heterocycles. The van der Waals surface area contributed by atoms with Crippen LogP contribution in [-0.4, -0.2) is 96.7 Å². The summed E-state index contributed by atoms with van der Waals surface area (Å²) in [5, 5.41) is 10.6. The number of carbonyl (C=O) groups excluding carboxylic acids is 4. The van der Waals surface area contributed by atoms with E-state index >= 15 is 0 Å². The summed E-state index contributed by atoms with van der Waals surface area (Å²) in [6.45, 7) is 4.37. The maximum absolute atomic E-state index is 13.1. The Kier molecular flexibility index (Phi) is 70.1. The van der Waals surface area contributed by atoms with Crippen LogP contribution in [-0.2, 0) is 65.4 Å². The predicted molar refractivity (Wildman–Crippen MR) is 417 cm³/mol. The van der Waals surface area contributed by atoms with Crippen LogP contribution in [0.2, 0.25) is 0 Å². The van der Waals surface area contributed by atoms with Crippen LogP contribution in [0.25, 0.3) is 0 Å². The highest BCUT2D eigenvalue weighted by Crippen LogP contribution is 2.45. The van der Waals surface area contributed by atoms with Gasteiger partial charge in [-0.1, -0.05) is 256 Å². The minimum Gasteiger partial charge on any atom is -0.462 e. The maximum atomic E-state index is 13.1. The first-order valence-corrected chi connectivity index (χ1v) is 41.7. The topological polar surface area (TPSA) is 237 Å². The number of allylic oxidation sites excluding steroid dienone is 26. The molecule has 0 saturated carbocycles. The molecule has 0 saturated heterocycles. The number of hydrogen-bond donors (Lipinski definition) is 3. The largest absolute Gasteiger partial charge is 0.472 e. The Balaban J connectivity index is 5.42. The molecule has 5 unspecified atom stereocenters. The molecular weight excluding hydrogens is 1330 g/mol. The smallest absolute Gasteiger partial charge is 0.462 e. The lowest BCUT2D eigenvalue weighted by molar-refractivity contribution is -0.161. The molecule has 0 aliphatic rings.